The number of allylic oxidation sites excluding steroid dienone is 1. The fraction of sp³-hybridized carbons (Fsp3) is 0.188. The molecule has 0 saturated heterocycles. The summed E-state index contributed by atoms with van der Waals surface area (Å²) in [6.07, 6.45) is 1.63. The zero-order valence-electron chi connectivity index (χ0n) is 23.0. The van der Waals surface area contributed by atoms with Gasteiger partial charge in [0, 0.05) is 52.0 Å². The zero-order valence-corrected chi connectivity index (χ0v) is 23.8. The lowest BCUT2D eigenvalue weighted by atomic mass is 9.78. The molecule has 3 aromatic heterocycles. The number of aromatic amines is 1. The Kier molecular flexibility index (Phi) is 6.22. The summed E-state index contributed by atoms with van der Waals surface area (Å²) in [6, 6.07) is 17.5. The van der Waals surface area contributed by atoms with Gasteiger partial charge in [-0.05, 0) is 61.7 Å². The largest absolute Gasteiger partial charge is 0.386 e. The van der Waals surface area contributed by atoms with Crippen molar-refractivity contribution in [2.24, 2.45) is 5.73 Å². The summed E-state index contributed by atoms with van der Waals surface area (Å²) in [7, 11) is 0. The van der Waals surface area contributed by atoms with E-state index in [0.29, 0.717) is 55.8 Å². The van der Waals surface area contributed by atoms with Crippen LogP contribution < -0.4 is 17.0 Å². The molecule has 1 amide bonds. The molecule has 0 spiro atoms. The molecule has 0 saturated carbocycles. The maximum atomic E-state index is 13.6. The first-order valence-electron chi connectivity index (χ1n) is 13.3. The van der Waals surface area contributed by atoms with Crippen molar-refractivity contribution in [2.75, 3.05) is 0 Å². The summed E-state index contributed by atoms with van der Waals surface area (Å²) >= 11 is 6.25. The van der Waals surface area contributed by atoms with Gasteiger partial charge >= 0.3 is 5.69 Å². The Bertz CT molecular complexity index is 2170. The summed E-state index contributed by atoms with van der Waals surface area (Å²) in [4.78, 5) is 42.8. The van der Waals surface area contributed by atoms with Crippen molar-refractivity contribution in [1.29, 1.82) is 5.26 Å². The molecule has 4 N–H and O–H groups in total. The number of nitriles is 1. The Labute approximate surface area is 244 Å². The quantitative estimate of drug-likeness (QED) is 0.288. The highest BCUT2D eigenvalue weighted by Gasteiger charge is 2.35. The number of aliphatic hydroxyl groups is 1. The zero-order chi connectivity index (χ0) is 30.1. The average Bonchev–Trinajstić information content (AvgIpc) is 3.32. The number of H-pyrrole nitrogens is 1. The molecule has 42 heavy (non-hydrogen) atoms. The molecule has 5 aromatic rings. The Morgan fingerprint density at radius 2 is 1.93 bits per heavy atom. The van der Waals surface area contributed by atoms with Gasteiger partial charge in [-0.1, -0.05) is 35.9 Å². The molecule has 1 aliphatic rings. The van der Waals surface area contributed by atoms with Crippen molar-refractivity contribution < 1.29 is 9.90 Å². The highest BCUT2D eigenvalue weighted by molar-refractivity contribution is 6.33. The van der Waals surface area contributed by atoms with Crippen LogP contribution in [-0.4, -0.2) is 25.0 Å². The molecular formula is C32H26ClN5O4. The second-order valence-corrected chi connectivity index (χ2v) is 11.4. The Hall–Kier alpha value is -4.91. The normalized spacial score (nSPS) is 15.2. The van der Waals surface area contributed by atoms with E-state index in [1.807, 2.05) is 18.2 Å². The van der Waals surface area contributed by atoms with E-state index in [0.717, 1.165) is 9.95 Å². The first-order valence-corrected chi connectivity index (χ1v) is 13.6. The van der Waals surface area contributed by atoms with Gasteiger partial charge in [0.2, 0.25) is 5.91 Å². The van der Waals surface area contributed by atoms with Crippen molar-refractivity contribution in [3.63, 3.8) is 0 Å². The third kappa shape index (κ3) is 4.07. The van der Waals surface area contributed by atoms with Gasteiger partial charge in [0.25, 0.3) is 5.56 Å². The Morgan fingerprint density at radius 3 is 2.62 bits per heavy atom. The van der Waals surface area contributed by atoms with E-state index in [-0.39, 0.29) is 11.4 Å². The fourth-order valence-corrected chi connectivity index (χ4v) is 6.09. The summed E-state index contributed by atoms with van der Waals surface area (Å²) in [5.74, 6) is -1.34. The highest BCUT2D eigenvalue weighted by Crippen LogP contribution is 2.46. The predicted octanol–water partition coefficient (Wildman–Crippen LogP) is 4.42. The molecule has 2 aromatic carbocycles. The van der Waals surface area contributed by atoms with E-state index < -0.39 is 28.7 Å². The topological polar surface area (TPSA) is 146 Å². The SMILES string of the molecule is Cc1c(C2=C(C#N)C[C@H](C(N)=O)c3[nH]c4cc(C(C)(C)O)ccc4c32)cccc1-n1c(=O)cc2c(Cl)cccn2c1=O. The van der Waals surface area contributed by atoms with E-state index in [4.69, 9.17) is 17.3 Å². The van der Waals surface area contributed by atoms with Crippen molar-refractivity contribution in [3.8, 4) is 11.8 Å². The number of nitrogens with zero attached hydrogens (tertiary/aromatic N) is 3. The number of nitrogens with one attached hydrogen (secondary N) is 1. The molecule has 0 fully saturated rings. The summed E-state index contributed by atoms with van der Waals surface area (Å²) in [5.41, 5.74) is 8.95. The number of nitrogens with two attached hydrogens (primary N) is 1. The van der Waals surface area contributed by atoms with Crippen LogP contribution in [0.25, 0.3) is 27.7 Å². The van der Waals surface area contributed by atoms with Crippen LogP contribution in [-0.2, 0) is 10.4 Å². The van der Waals surface area contributed by atoms with Gasteiger partial charge < -0.3 is 15.8 Å². The number of primary amides is 1. The van der Waals surface area contributed by atoms with Crippen molar-refractivity contribution in [1.82, 2.24) is 14.0 Å². The van der Waals surface area contributed by atoms with E-state index in [1.165, 1.54) is 10.5 Å². The number of hydrogen-bond acceptors (Lipinski definition) is 5. The third-order valence-corrected chi connectivity index (χ3v) is 8.32. The lowest BCUT2D eigenvalue weighted by molar-refractivity contribution is -0.119. The minimum absolute atomic E-state index is 0.0834. The number of carbonyl (C=O) groups excluding carboxylic acids is 1. The Morgan fingerprint density at radius 1 is 1.17 bits per heavy atom. The van der Waals surface area contributed by atoms with E-state index in [1.54, 1.807) is 57.3 Å². The lowest BCUT2D eigenvalue weighted by Crippen LogP contribution is -2.36. The molecule has 3 heterocycles. The van der Waals surface area contributed by atoms with Crippen LogP contribution in [0.4, 0.5) is 0 Å². The maximum absolute atomic E-state index is 13.6. The van der Waals surface area contributed by atoms with Crippen LogP contribution >= 0.6 is 11.6 Å². The molecule has 6 rings (SSSR count). The molecule has 0 radical (unpaired) electrons. The second-order valence-electron chi connectivity index (χ2n) is 11.0. The van der Waals surface area contributed by atoms with Crippen LogP contribution in [0.3, 0.4) is 0 Å². The number of benzene rings is 2. The van der Waals surface area contributed by atoms with Crippen molar-refractivity contribution >= 4 is 39.5 Å². The molecular weight excluding hydrogens is 554 g/mol. The number of carbonyl (C=O) groups is 1. The Balaban J connectivity index is 1.65. The molecule has 9 nitrogen and oxygen atoms in total. The molecule has 1 aliphatic carbocycles. The number of pyridine rings is 1. The number of halogens is 1. The number of aromatic nitrogens is 3. The van der Waals surface area contributed by atoms with E-state index >= 15 is 0 Å². The maximum Gasteiger partial charge on any atom is 0.340 e. The van der Waals surface area contributed by atoms with Crippen molar-refractivity contribution in [3.05, 3.63) is 120 Å². The first kappa shape index (κ1) is 27.3. The van der Waals surface area contributed by atoms with E-state index in [9.17, 15) is 24.8 Å². The monoisotopic (exact) mass is 579 g/mol. The molecule has 10 heteroatoms. The predicted molar refractivity (Wildman–Crippen MR) is 161 cm³/mol. The number of fused-ring (bicyclic) bond motifs is 4. The summed E-state index contributed by atoms with van der Waals surface area (Å²) in [6.45, 7) is 5.15. The molecule has 0 unspecified atom stereocenters. The first-order chi connectivity index (χ1) is 19.9. The van der Waals surface area contributed by atoms with Gasteiger partial charge in [0.15, 0.2) is 0 Å². The smallest absolute Gasteiger partial charge is 0.340 e. The van der Waals surface area contributed by atoms with Crippen LogP contribution in [0, 0.1) is 18.3 Å². The van der Waals surface area contributed by atoms with Crippen molar-refractivity contribution in [2.45, 2.75) is 38.7 Å². The molecule has 0 bridgehead atoms. The van der Waals surface area contributed by atoms with Crippen LogP contribution in [0.5, 0.6) is 0 Å². The number of rotatable bonds is 4. The van der Waals surface area contributed by atoms with Gasteiger partial charge in [-0.25, -0.2) is 9.36 Å². The summed E-state index contributed by atoms with van der Waals surface area (Å²) in [5, 5.41) is 21.9. The summed E-state index contributed by atoms with van der Waals surface area (Å²) < 4.78 is 2.39. The van der Waals surface area contributed by atoms with Gasteiger partial charge in [0.1, 0.15) is 0 Å². The van der Waals surface area contributed by atoms with Gasteiger partial charge in [-0.2, -0.15) is 5.26 Å². The molecule has 0 aliphatic heterocycles. The highest BCUT2D eigenvalue weighted by atomic mass is 35.5. The second kappa shape index (κ2) is 9.58. The minimum Gasteiger partial charge on any atom is -0.386 e. The van der Waals surface area contributed by atoms with E-state index in [2.05, 4.69) is 11.1 Å². The standard InChI is InChI=1S/C32H26ClN5O4/c1-16-19(6-4-8-24(16)38-26(39)14-25-22(33)7-5-11-37(25)31(38)41)27-17(15-34)12-21(30(35)40)29-28(27)20-10-9-18(32(2,3)42)13-23(20)36-29/h4-11,13-14,21,36,42H,12H2,1-3H3,(H2,35,40)/t21-/m0/s1. The van der Waals surface area contributed by atoms with Gasteiger partial charge in [-0.3, -0.25) is 14.0 Å². The van der Waals surface area contributed by atoms with Gasteiger partial charge in [0.05, 0.1) is 33.8 Å². The van der Waals surface area contributed by atoms with Crippen LogP contribution in [0.15, 0.2) is 76.0 Å². The fourth-order valence-electron chi connectivity index (χ4n) is 5.87. The van der Waals surface area contributed by atoms with Crippen LogP contribution in [0.2, 0.25) is 5.02 Å². The molecule has 210 valence electrons. The minimum atomic E-state index is -1.10. The number of hydrogen-bond donors (Lipinski definition) is 3. The third-order valence-electron chi connectivity index (χ3n) is 8.00. The number of amides is 1. The molecule has 1 atom stereocenters. The lowest BCUT2D eigenvalue weighted by Gasteiger charge is -2.25. The average molecular weight is 580 g/mol. The van der Waals surface area contributed by atoms with Gasteiger partial charge in [-0.15, -0.1) is 0 Å². The van der Waals surface area contributed by atoms with Crippen LogP contribution in [0.1, 0.15) is 54.1 Å².